The summed E-state index contributed by atoms with van der Waals surface area (Å²) >= 11 is 0. The van der Waals surface area contributed by atoms with Gasteiger partial charge >= 0.3 is 35.0 Å². The minimum absolute atomic E-state index is 0. The van der Waals surface area contributed by atoms with Crippen molar-refractivity contribution in [2.75, 3.05) is 13.7 Å². The third kappa shape index (κ3) is 11.8. The summed E-state index contributed by atoms with van der Waals surface area (Å²) in [5.41, 5.74) is 10.7. The fraction of sp³-hybridized carbons (Fsp3) is 0.582. The standard InChI is InChI=1S/C55H75N4O5.Mg/c1-13-39-35(8)42-28-44-37(10)41(24-25-48(60)64-27-26-34(7)23-17-22-33(6)21-16-20-32(5)19-15-18-31(3)4)52(58-44)50-51(55(62)63-12)54(61)49-38(11)45(59-53(49)50)30-47-40(14-2)36(9)43(57-47)29-46(39)56-42;/h26,28-33,41,51-52H,13-25,27H2,1-12H3,(H-,56,57,61);/q-3;+2/p-1/b34-26+,42-28-;/t32-,33-,41+,51-,52?;/m1./s1. The van der Waals surface area contributed by atoms with Crippen LogP contribution in [-0.2, 0) is 31.9 Å². The number of rotatable bonds is 20. The third-order valence-corrected chi connectivity index (χ3v) is 14.5. The molecule has 0 fully saturated rings. The summed E-state index contributed by atoms with van der Waals surface area (Å²) in [6.45, 7) is 24.1. The zero-order chi connectivity index (χ0) is 46.4. The number of hydrogen-bond acceptors (Lipinski definition) is 5. The molecule has 1 unspecified atom stereocenters. The monoisotopic (exact) mass is 895 g/mol. The number of aromatic nitrogens is 3. The van der Waals surface area contributed by atoms with Gasteiger partial charge in [0.2, 0.25) is 0 Å². The second kappa shape index (κ2) is 23.1. The molecule has 3 aromatic heterocycles. The predicted octanol–water partition coefficient (Wildman–Crippen LogP) is 8.17. The van der Waals surface area contributed by atoms with Gasteiger partial charge in [-0.15, -0.1) is 38.5 Å². The minimum atomic E-state index is -1.18. The molecule has 6 rings (SSSR count). The Morgan fingerprint density at radius 1 is 0.754 bits per heavy atom. The van der Waals surface area contributed by atoms with Crippen LogP contribution in [-0.4, -0.2) is 60.5 Å². The predicted molar refractivity (Wildman–Crippen MR) is 263 cm³/mol. The van der Waals surface area contributed by atoms with Gasteiger partial charge in [0.1, 0.15) is 12.5 Å². The number of carbonyl (C=O) groups excluding carboxylic acids is 3. The third-order valence-electron chi connectivity index (χ3n) is 14.5. The van der Waals surface area contributed by atoms with Gasteiger partial charge in [-0.2, -0.15) is 0 Å². The van der Waals surface area contributed by atoms with E-state index in [0.717, 1.165) is 99.0 Å². The van der Waals surface area contributed by atoms with Crippen molar-refractivity contribution in [3.8, 4) is 0 Å². The minimum Gasteiger partial charge on any atom is -0.678 e. The fourth-order valence-corrected chi connectivity index (χ4v) is 10.4. The molecule has 9 nitrogen and oxygen atoms in total. The molecule has 1 aliphatic carbocycles. The van der Waals surface area contributed by atoms with Gasteiger partial charge in [0.15, 0.2) is 5.78 Å². The molecule has 10 heteroatoms. The second-order valence-corrected chi connectivity index (χ2v) is 19.6. The van der Waals surface area contributed by atoms with Crippen LogP contribution in [0.3, 0.4) is 0 Å². The van der Waals surface area contributed by atoms with Crippen molar-refractivity contribution in [2.24, 2.45) is 29.6 Å². The van der Waals surface area contributed by atoms with Gasteiger partial charge in [0.05, 0.1) is 7.11 Å². The summed E-state index contributed by atoms with van der Waals surface area (Å²) in [5.74, 6) is -0.406. The summed E-state index contributed by atoms with van der Waals surface area (Å²) in [6, 6.07) is -0.630. The molecular weight excluding hydrogens is 821 g/mol. The van der Waals surface area contributed by atoms with Gasteiger partial charge in [-0.1, -0.05) is 155 Å². The van der Waals surface area contributed by atoms with Gasteiger partial charge in [-0.25, -0.2) is 0 Å². The molecule has 0 amide bonds. The van der Waals surface area contributed by atoms with Crippen LogP contribution in [0.15, 0.2) is 22.9 Å². The van der Waals surface area contributed by atoms with E-state index < -0.39 is 17.9 Å². The van der Waals surface area contributed by atoms with Crippen LogP contribution in [0, 0.1) is 50.4 Å². The maximum Gasteiger partial charge on any atom is 2.00 e. The molecule has 2 aliphatic heterocycles. The topological polar surface area (TPSA) is 126 Å². The largest absolute Gasteiger partial charge is 2.00 e. The first kappa shape index (κ1) is 52.0. The van der Waals surface area contributed by atoms with Gasteiger partial charge in [0.25, 0.3) is 0 Å². The Hall–Kier alpha value is -4.02. The first-order valence-electron chi connectivity index (χ1n) is 24.3. The summed E-state index contributed by atoms with van der Waals surface area (Å²) in [4.78, 5) is 56.8. The molecule has 5 atom stereocenters. The van der Waals surface area contributed by atoms with Crippen LogP contribution >= 0.6 is 0 Å². The van der Waals surface area contributed by atoms with Crippen LogP contribution in [0.4, 0.5) is 0 Å². The van der Waals surface area contributed by atoms with Crippen LogP contribution in [0.1, 0.15) is 176 Å². The quantitative estimate of drug-likeness (QED) is 0.0482. The number of ketones is 1. The molecule has 8 bridgehead atoms. The van der Waals surface area contributed by atoms with Gasteiger partial charge in [-0.3, -0.25) is 14.4 Å². The number of allylic oxidation sites excluding steroid dienone is 2. The molecular formula is C55H74MgN4O5-2. The smallest absolute Gasteiger partial charge is 0.678 e. The van der Waals surface area contributed by atoms with Crippen LogP contribution < -0.4 is 36.3 Å². The Bertz CT molecular complexity index is 2530. The summed E-state index contributed by atoms with van der Waals surface area (Å²) < 4.78 is 11.1. The van der Waals surface area contributed by atoms with E-state index in [-0.39, 0.29) is 53.8 Å². The fourth-order valence-electron chi connectivity index (χ4n) is 10.4. The van der Waals surface area contributed by atoms with Crippen molar-refractivity contribution in [1.82, 2.24) is 15.0 Å². The second-order valence-electron chi connectivity index (χ2n) is 19.6. The average molecular weight is 896 g/mol. The Labute approximate surface area is 404 Å². The molecule has 3 aromatic rings. The zero-order valence-electron chi connectivity index (χ0n) is 41.7. The molecule has 348 valence electrons. The van der Waals surface area contributed by atoms with Gasteiger partial charge in [-0.05, 0) is 96.5 Å². The number of Topliss-reactive ketones (excluding diaryl/α,β-unsaturated/α-hetero) is 1. The molecule has 0 saturated carbocycles. The molecule has 5 heterocycles. The van der Waals surface area contributed by atoms with E-state index in [1.807, 2.05) is 32.1 Å². The van der Waals surface area contributed by atoms with E-state index in [1.165, 1.54) is 57.6 Å². The maximum atomic E-state index is 14.4. The number of esters is 2. The maximum absolute atomic E-state index is 14.4. The molecule has 0 spiro atoms. The van der Waals surface area contributed by atoms with Crippen molar-refractivity contribution in [3.05, 3.63) is 94.4 Å². The number of hydrogen-bond donors (Lipinski definition) is 0. The molecule has 0 aromatic carbocycles. The first-order chi connectivity index (χ1) is 30.6. The van der Waals surface area contributed by atoms with E-state index in [9.17, 15) is 14.4 Å². The number of fused-ring (bicyclic) bond motifs is 8. The van der Waals surface area contributed by atoms with Crippen LogP contribution in [0.25, 0.3) is 29.1 Å². The molecule has 65 heavy (non-hydrogen) atoms. The molecule has 0 saturated heterocycles. The van der Waals surface area contributed by atoms with Gasteiger partial charge < -0.3 is 29.7 Å². The number of carbonyl (C=O) groups is 3. The summed E-state index contributed by atoms with van der Waals surface area (Å²) in [6.07, 6.45) is 21.6. The van der Waals surface area contributed by atoms with Gasteiger partial charge in [0, 0.05) is 12.0 Å². The zero-order valence-corrected chi connectivity index (χ0v) is 43.1. The SMILES string of the molecule is CCc1c2[n-]c(c1C)/C=c1\[n-]/c(c(C)c1CC)=C\C1=C(C)[C@H](CCC(=O)OC/C=C(\C)CCC[C@H](C)CCC[C@H](C)CCCC(C)C)C([N-]1)C1=c3[n-]/c(c(C)c3C(=O)[C@@H]1C(=O)OC)=C\2.[Mg+2]. The van der Waals surface area contributed by atoms with Crippen molar-refractivity contribution in [2.45, 2.75) is 166 Å². The number of methoxy groups -OCH3 is 1. The Morgan fingerprint density at radius 2 is 1.38 bits per heavy atom. The average Bonchev–Trinajstić information content (AvgIpc) is 3.99. The number of ether oxygens (including phenoxy) is 2. The van der Waals surface area contributed by atoms with E-state index in [4.69, 9.17) is 29.7 Å². The van der Waals surface area contributed by atoms with E-state index in [1.54, 1.807) is 0 Å². The van der Waals surface area contributed by atoms with Crippen LogP contribution in [0.5, 0.6) is 0 Å². The van der Waals surface area contributed by atoms with Crippen LogP contribution in [0.2, 0.25) is 0 Å². The van der Waals surface area contributed by atoms with Crippen molar-refractivity contribution >= 4 is 64.6 Å². The Balaban J connectivity index is 0.00000793. The van der Waals surface area contributed by atoms with E-state index >= 15 is 0 Å². The summed E-state index contributed by atoms with van der Waals surface area (Å²) in [5, 5.41) is 8.14. The van der Waals surface area contributed by atoms with E-state index in [2.05, 4.69) is 68.4 Å². The van der Waals surface area contributed by atoms with E-state index in [0.29, 0.717) is 33.8 Å². The Kier molecular flexibility index (Phi) is 18.5. The van der Waals surface area contributed by atoms with Crippen molar-refractivity contribution in [3.63, 3.8) is 0 Å². The number of nitrogens with zero attached hydrogens (tertiary/aromatic N) is 4. The summed E-state index contributed by atoms with van der Waals surface area (Å²) in [7, 11) is 1.31. The molecule has 3 aliphatic rings. The van der Waals surface area contributed by atoms with Crippen molar-refractivity contribution < 1.29 is 23.9 Å². The van der Waals surface area contributed by atoms with Crippen molar-refractivity contribution in [1.29, 1.82) is 0 Å². The normalized spacial score (nSPS) is 20.4. The molecule has 0 N–H and O–H groups in total. The molecule has 0 radical (unpaired) electrons. The Morgan fingerprint density at radius 3 is 2.03 bits per heavy atom. The first-order valence-corrected chi connectivity index (χ1v) is 24.3.